The van der Waals surface area contributed by atoms with E-state index in [1.165, 1.54) is 23.5 Å². The fraction of sp³-hybridized carbons (Fsp3) is 0.0952. The molecule has 2 aromatic heterocycles. The van der Waals surface area contributed by atoms with E-state index in [2.05, 4.69) is 4.98 Å². The summed E-state index contributed by atoms with van der Waals surface area (Å²) in [6.07, 6.45) is 2.95. The maximum Gasteiger partial charge on any atom is 0.331 e. The molecule has 8 heteroatoms. The van der Waals surface area contributed by atoms with Gasteiger partial charge in [-0.05, 0) is 35.9 Å². The lowest BCUT2D eigenvalue weighted by Gasteiger charge is -2.02. The van der Waals surface area contributed by atoms with E-state index in [1.54, 1.807) is 22.6 Å². The number of fused-ring (bicyclic) bond motifs is 4. The number of thiazole rings is 1. The van der Waals surface area contributed by atoms with Crippen LogP contribution in [-0.2, 0) is 16.1 Å². The van der Waals surface area contributed by atoms with Crippen LogP contribution in [0.1, 0.15) is 11.3 Å². The van der Waals surface area contributed by atoms with Gasteiger partial charge in [-0.2, -0.15) is 0 Å². The number of carbonyl (C=O) groups excluding carboxylic acids is 1. The van der Waals surface area contributed by atoms with Crippen molar-refractivity contribution in [2.45, 2.75) is 6.61 Å². The molecule has 4 aromatic rings. The number of hydrogen-bond donors (Lipinski definition) is 0. The van der Waals surface area contributed by atoms with E-state index in [4.69, 9.17) is 14.2 Å². The van der Waals surface area contributed by atoms with Gasteiger partial charge in [-0.15, -0.1) is 0 Å². The standard InChI is InChI=1S/C21H14N2O5S/c24-19-10-14(22-21-23(19)15-3-1-2-4-18(15)29-21)11-26-20(25)8-6-13-5-7-16-17(9-13)28-12-27-16/h1-10H,11-12H2/b8-6+. The van der Waals surface area contributed by atoms with Gasteiger partial charge in [0.25, 0.3) is 5.56 Å². The molecule has 144 valence electrons. The summed E-state index contributed by atoms with van der Waals surface area (Å²) in [5.41, 5.74) is 1.82. The minimum absolute atomic E-state index is 0.0791. The van der Waals surface area contributed by atoms with Gasteiger partial charge in [0.15, 0.2) is 16.5 Å². The highest BCUT2D eigenvalue weighted by Crippen LogP contribution is 2.32. The average molecular weight is 406 g/mol. The number of benzene rings is 2. The molecule has 0 unspecified atom stereocenters. The van der Waals surface area contributed by atoms with E-state index >= 15 is 0 Å². The predicted octanol–water partition coefficient (Wildman–Crippen LogP) is 3.39. The lowest BCUT2D eigenvalue weighted by atomic mass is 10.2. The summed E-state index contributed by atoms with van der Waals surface area (Å²) in [4.78, 5) is 29.5. The van der Waals surface area contributed by atoms with Crippen molar-refractivity contribution >= 4 is 38.6 Å². The van der Waals surface area contributed by atoms with Gasteiger partial charge in [-0.25, -0.2) is 9.78 Å². The van der Waals surface area contributed by atoms with E-state index in [-0.39, 0.29) is 19.0 Å². The van der Waals surface area contributed by atoms with Crippen molar-refractivity contribution in [2.24, 2.45) is 0 Å². The summed E-state index contributed by atoms with van der Waals surface area (Å²) in [7, 11) is 0. The summed E-state index contributed by atoms with van der Waals surface area (Å²) in [6.45, 7) is 0.117. The van der Waals surface area contributed by atoms with Crippen LogP contribution in [0.2, 0.25) is 0 Å². The summed E-state index contributed by atoms with van der Waals surface area (Å²) in [5.74, 6) is 0.793. The van der Waals surface area contributed by atoms with Crippen molar-refractivity contribution in [3.05, 3.63) is 76.2 Å². The van der Waals surface area contributed by atoms with Crippen molar-refractivity contribution in [2.75, 3.05) is 6.79 Å². The van der Waals surface area contributed by atoms with Crippen molar-refractivity contribution in [3.8, 4) is 11.5 Å². The molecule has 0 amide bonds. The van der Waals surface area contributed by atoms with Crippen LogP contribution < -0.4 is 15.0 Å². The minimum Gasteiger partial charge on any atom is -0.456 e. The Labute approximate surface area is 168 Å². The monoisotopic (exact) mass is 406 g/mol. The number of carbonyl (C=O) groups is 1. The van der Waals surface area contributed by atoms with E-state index in [0.29, 0.717) is 22.2 Å². The molecule has 0 aliphatic carbocycles. The zero-order valence-electron chi connectivity index (χ0n) is 15.0. The molecule has 0 spiro atoms. The Balaban J connectivity index is 1.30. The molecular weight excluding hydrogens is 392 g/mol. The van der Waals surface area contributed by atoms with E-state index in [0.717, 1.165) is 15.8 Å². The Morgan fingerprint density at radius 3 is 2.97 bits per heavy atom. The molecule has 1 aliphatic heterocycles. The number of rotatable bonds is 4. The van der Waals surface area contributed by atoms with Gasteiger partial charge in [0.2, 0.25) is 6.79 Å². The molecule has 29 heavy (non-hydrogen) atoms. The summed E-state index contributed by atoms with van der Waals surface area (Å²) in [6, 6.07) is 14.4. The second kappa shape index (κ2) is 7.06. The molecule has 3 heterocycles. The van der Waals surface area contributed by atoms with Crippen LogP contribution in [0.25, 0.3) is 21.3 Å². The molecule has 5 rings (SSSR count). The van der Waals surface area contributed by atoms with Gasteiger partial charge in [0.05, 0.1) is 15.9 Å². The first-order valence-electron chi connectivity index (χ1n) is 8.82. The highest BCUT2D eigenvalue weighted by atomic mass is 32.1. The third-order valence-electron chi connectivity index (χ3n) is 4.42. The van der Waals surface area contributed by atoms with Crippen molar-refractivity contribution in [1.82, 2.24) is 9.38 Å². The van der Waals surface area contributed by atoms with Crippen molar-refractivity contribution in [3.63, 3.8) is 0 Å². The highest BCUT2D eigenvalue weighted by Gasteiger charge is 2.13. The highest BCUT2D eigenvalue weighted by molar-refractivity contribution is 7.23. The number of hydrogen-bond acceptors (Lipinski definition) is 7. The number of esters is 1. The van der Waals surface area contributed by atoms with Crippen LogP contribution >= 0.6 is 11.3 Å². The number of nitrogens with zero attached hydrogens (tertiary/aromatic N) is 2. The first-order chi connectivity index (χ1) is 14.2. The lowest BCUT2D eigenvalue weighted by Crippen LogP contribution is -2.14. The smallest absolute Gasteiger partial charge is 0.331 e. The van der Waals surface area contributed by atoms with E-state index < -0.39 is 5.97 Å². The third-order valence-corrected chi connectivity index (χ3v) is 5.44. The normalized spacial score (nSPS) is 12.8. The van der Waals surface area contributed by atoms with E-state index in [9.17, 15) is 9.59 Å². The molecule has 0 bridgehead atoms. The maximum atomic E-state index is 12.5. The lowest BCUT2D eigenvalue weighted by molar-refractivity contribution is -0.139. The Morgan fingerprint density at radius 2 is 2.03 bits per heavy atom. The zero-order chi connectivity index (χ0) is 19.8. The second-order valence-electron chi connectivity index (χ2n) is 6.33. The molecule has 7 nitrogen and oxygen atoms in total. The molecule has 0 saturated carbocycles. The quantitative estimate of drug-likeness (QED) is 0.382. The summed E-state index contributed by atoms with van der Waals surface area (Å²) < 4.78 is 18.3. The van der Waals surface area contributed by atoms with Gasteiger partial charge >= 0.3 is 5.97 Å². The van der Waals surface area contributed by atoms with Crippen LogP contribution in [0.3, 0.4) is 0 Å². The Morgan fingerprint density at radius 1 is 1.17 bits per heavy atom. The average Bonchev–Trinajstić information content (AvgIpc) is 3.34. The number of para-hydroxylation sites is 1. The van der Waals surface area contributed by atoms with Gasteiger partial charge in [0, 0.05) is 12.1 Å². The maximum absolute atomic E-state index is 12.5. The molecule has 0 atom stereocenters. The first kappa shape index (κ1) is 17.4. The Hall–Kier alpha value is -3.65. The predicted molar refractivity (Wildman–Crippen MR) is 108 cm³/mol. The largest absolute Gasteiger partial charge is 0.456 e. The third kappa shape index (κ3) is 3.34. The van der Waals surface area contributed by atoms with Gasteiger partial charge < -0.3 is 14.2 Å². The van der Waals surface area contributed by atoms with Crippen LogP contribution in [0.15, 0.2) is 59.4 Å². The van der Waals surface area contributed by atoms with Gasteiger partial charge in [-0.3, -0.25) is 9.20 Å². The van der Waals surface area contributed by atoms with Crippen molar-refractivity contribution in [1.29, 1.82) is 0 Å². The van der Waals surface area contributed by atoms with Crippen LogP contribution in [0.4, 0.5) is 0 Å². The Kier molecular flexibility index (Phi) is 4.25. The summed E-state index contributed by atoms with van der Waals surface area (Å²) >= 11 is 1.42. The molecular formula is C21H14N2O5S. The van der Waals surface area contributed by atoms with Gasteiger partial charge in [-0.1, -0.05) is 29.5 Å². The molecule has 0 saturated heterocycles. The first-order valence-corrected chi connectivity index (χ1v) is 9.64. The molecule has 1 aliphatic rings. The SMILES string of the molecule is O=C(/C=C/c1ccc2c(c1)OCO2)OCc1cc(=O)n2c(n1)sc1ccccc12. The van der Waals surface area contributed by atoms with Crippen LogP contribution in [-0.4, -0.2) is 22.1 Å². The van der Waals surface area contributed by atoms with Crippen molar-refractivity contribution < 1.29 is 19.0 Å². The second-order valence-corrected chi connectivity index (χ2v) is 7.34. The fourth-order valence-electron chi connectivity index (χ4n) is 3.07. The number of ether oxygens (including phenoxy) is 3. The van der Waals surface area contributed by atoms with Crippen LogP contribution in [0.5, 0.6) is 11.5 Å². The summed E-state index contributed by atoms with van der Waals surface area (Å²) in [5, 5.41) is 0. The van der Waals surface area contributed by atoms with Gasteiger partial charge in [0.1, 0.15) is 6.61 Å². The zero-order valence-corrected chi connectivity index (χ0v) is 15.8. The molecule has 0 N–H and O–H groups in total. The fourth-order valence-corrected chi connectivity index (χ4v) is 4.12. The Bertz CT molecular complexity index is 1340. The molecule has 0 fully saturated rings. The number of aromatic nitrogens is 2. The van der Waals surface area contributed by atoms with Crippen LogP contribution in [0, 0.1) is 0 Å². The molecule has 0 radical (unpaired) electrons. The van der Waals surface area contributed by atoms with E-state index in [1.807, 2.05) is 30.3 Å². The minimum atomic E-state index is -0.527. The molecule has 2 aromatic carbocycles. The topological polar surface area (TPSA) is 79.1 Å².